The molecule has 0 amide bonds. The van der Waals surface area contributed by atoms with Crippen LogP contribution in [0.15, 0.2) is 48.2 Å². The molecule has 1 N–H and O–H groups in total. The van der Waals surface area contributed by atoms with Crippen molar-refractivity contribution >= 4 is 5.57 Å². The van der Waals surface area contributed by atoms with Crippen molar-refractivity contribution in [3.63, 3.8) is 0 Å². The number of alkyl halides is 1. The predicted molar refractivity (Wildman–Crippen MR) is 59.2 cm³/mol. The Kier molecular flexibility index (Phi) is 2.49. The van der Waals surface area contributed by atoms with E-state index in [2.05, 4.69) is 0 Å². The molecule has 1 atom stereocenters. The number of nitriles is 1. The highest BCUT2D eigenvalue weighted by atomic mass is 19.1. The normalized spacial score (nSPS) is 24.2. The van der Waals surface area contributed by atoms with E-state index in [0.29, 0.717) is 5.57 Å². The third-order valence-electron chi connectivity index (χ3n) is 2.56. The molecule has 0 saturated carbocycles. The van der Waals surface area contributed by atoms with Gasteiger partial charge in [0.15, 0.2) is 0 Å². The zero-order valence-corrected chi connectivity index (χ0v) is 8.52. The molecule has 1 aliphatic rings. The Morgan fingerprint density at radius 3 is 2.62 bits per heavy atom. The number of benzene rings is 1. The minimum absolute atomic E-state index is 0.0229. The van der Waals surface area contributed by atoms with Gasteiger partial charge in [0.25, 0.3) is 0 Å². The molecule has 1 aromatic rings. The van der Waals surface area contributed by atoms with Crippen LogP contribution >= 0.6 is 0 Å². The van der Waals surface area contributed by atoms with Gasteiger partial charge in [-0.15, -0.1) is 0 Å². The maximum atomic E-state index is 13.8. The van der Waals surface area contributed by atoms with Crippen molar-refractivity contribution in [3.8, 4) is 6.07 Å². The van der Waals surface area contributed by atoms with Crippen molar-refractivity contribution in [3.05, 3.63) is 53.8 Å². The molecule has 16 heavy (non-hydrogen) atoms. The molecule has 0 aliphatic heterocycles. The Morgan fingerprint density at radius 1 is 1.31 bits per heavy atom. The van der Waals surface area contributed by atoms with Crippen LogP contribution in [0.25, 0.3) is 5.57 Å². The van der Waals surface area contributed by atoms with E-state index in [-0.39, 0.29) is 12.2 Å². The molecule has 2 rings (SSSR count). The van der Waals surface area contributed by atoms with Crippen molar-refractivity contribution in [2.75, 3.05) is 0 Å². The molecule has 2 nitrogen and oxygen atoms in total. The van der Waals surface area contributed by atoms with Gasteiger partial charge in [-0.2, -0.15) is 5.26 Å². The first-order valence-corrected chi connectivity index (χ1v) is 4.91. The number of aliphatic hydroxyl groups excluding tert-OH is 1. The average molecular weight is 215 g/mol. The maximum absolute atomic E-state index is 13.8. The van der Waals surface area contributed by atoms with E-state index in [0.717, 1.165) is 11.6 Å². The van der Waals surface area contributed by atoms with Crippen molar-refractivity contribution in [1.29, 1.82) is 5.26 Å². The van der Waals surface area contributed by atoms with Crippen molar-refractivity contribution < 1.29 is 9.50 Å². The number of halogens is 1. The van der Waals surface area contributed by atoms with E-state index in [1.54, 1.807) is 30.3 Å². The Hall–Kier alpha value is -2.08. The van der Waals surface area contributed by atoms with Crippen LogP contribution in [0.4, 0.5) is 4.39 Å². The summed E-state index contributed by atoms with van der Waals surface area (Å²) in [5, 5.41) is 18.4. The van der Waals surface area contributed by atoms with Crippen molar-refractivity contribution in [2.24, 2.45) is 0 Å². The smallest absolute Gasteiger partial charge is 0.218 e. The third kappa shape index (κ3) is 1.82. The second-order valence-corrected chi connectivity index (χ2v) is 3.71. The van der Waals surface area contributed by atoms with Crippen LogP contribution in [0, 0.1) is 11.3 Å². The quantitative estimate of drug-likeness (QED) is 0.782. The fourth-order valence-electron chi connectivity index (χ4n) is 1.68. The van der Waals surface area contributed by atoms with E-state index in [9.17, 15) is 9.50 Å². The molecule has 3 heteroatoms. The third-order valence-corrected chi connectivity index (χ3v) is 2.56. The van der Waals surface area contributed by atoms with E-state index in [4.69, 9.17) is 5.26 Å². The minimum Gasteiger partial charge on any atom is -0.508 e. The molecule has 0 heterocycles. The highest BCUT2D eigenvalue weighted by Gasteiger charge is 2.32. The number of rotatable bonds is 1. The van der Waals surface area contributed by atoms with Crippen molar-refractivity contribution in [1.82, 2.24) is 0 Å². The first kappa shape index (κ1) is 10.4. The lowest BCUT2D eigenvalue weighted by Crippen LogP contribution is -2.20. The zero-order chi connectivity index (χ0) is 11.6. The van der Waals surface area contributed by atoms with Crippen molar-refractivity contribution in [2.45, 2.75) is 12.1 Å². The topological polar surface area (TPSA) is 44.0 Å². The molecule has 0 bridgehead atoms. The van der Waals surface area contributed by atoms with Crippen LogP contribution in [0.1, 0.15) is 12.0 Å². The Morgan fingerprint density at radius 2 is 2.00 bits per heavy atom. The Balaban J connectivity index is 2.43. The van der Waals surface area contributed by atoms with Gasteiger partial charge < -0.3 is 5.11 Å². The highest BCUT2D eigenvalue weighted by molar-refractivity contribution is 5.72. The minimum atomic E-state index is -2.02. The molecule has 80 valence electrons. The lowest BCUT2D eigenvalue weighted by atomic mass is 9.88. The number of hydrogen-bond acceptors (Lipinski definition) is 2. The predicted octanol–water partition coefficient (Wildman–Crippen LogP) is 3.15. The van der Waals surface area contributed by atoms with E-state index < -0.39 is 5.67 Å². The van der Waals surface area contributed by atoms with E-state index >= 15 is 0 Å². The van der Waals surface area contributed by atoms with Gasteiger partial charge >= 0.3 is 0 Å². The van der Waals surface area contributed by atoms with Gasteiger partial charge in [-0.05, 0) is 17.7 Å². The standard InChI is InChI=1S/C13H10FNO/c14-13(9-15)7-6-12(16)11(8-13)10-4-2-1-3-5-10/h1-7,16H,8H2. The number of allylic oxidation sites excluding steroid dienone is 3. The fraction of sp³-hybridized carbons (Fsp3) is 0.154. The summed E-state index contributed by atoms with van der Waals surface area (Å²) in [6.45, 7) is 0. The van der Waals surface area contributed by atoms with E-state index in [1.165, 1.54) is 6.08 Å². The average Bonchev–Trinajstić information content (AvgIpc) is 2.34. The number of hydrogen-bond donors (Lipinski definition) is 1. The second-order valence-electron chi connectivity index (χ2n) is 3.71. The molecular weight excluding hydrogens is 205 g/mol. The van der Waals surface area contributed by atoms with Crippen LogP contribution in [0.5, 0.6) is 0 Å². The summed E-state index contributed by atoms with van der Waals surface area (Å²) in [7, 11) is 0. The monoisotopic (exact) mass is 215 g/mol. The molecule has 1 unspecified atom stereocenters. The molecule has 0 radical (unpaired) electrons. The van der Waals surface area contributed by atoms with E-state index in [1.807, 2.05) is 6.07 Å². The summed E-state index contributed by atoms with van der Waals surface area (Å²) in [5.41, 5.74) is -0.814. The lowest BCUT2D eigenvalue weighted by molar-refractivity contribution is 0.305. The fourth-order valence-corrected chi connectivity index (χ4v) is 1.68. The number of aliphatic hydroxyl groups is 1. The zero-order valence-electron chi connectivity index (χ0n) is 8.52. The summed E-state index contributed by atoms with van der Waals surface area (Å²) in [6.07, 6.45) is 2.22. The molecule has 1 aromatic carbocycles. The first-order chi connectivity index (χ1) is 7.64. The molecule has 0 aromatic heterocycles. The molecule has 0 saturated heterocycles. The van der Waals surface area contributed by atoms with Gasteiger partial charge in [-0.1, -0.05) is 30.3 Å². The van der Waals surface area contributed by atoms with Gasteiger partial charge in [-0.3, -0.25) is 0 Å². The van der Waals surface area contributed by atoms with Gasteiger partial charge in [-0.25, -0.2) is 4.39 Å². The highest BCUT2D eigenvalue weighted by Crippen LogP contribution is 2.34. The molecule has 0 fully saturated rings. The maximum Gasteiger partial charge on any atom is 0.218 e. The van der Waals surface area contributed by atoms with Gasteiger partial charge in [0, 0.05) is 12.0 Å². The summed E-state index contributed by atoms with van der Waals surface area (Å²) in [6, 6.07) is 10.6. The Bertz CT molecular complexity index is 498. The number of nitrogens with zero attached hydrogens (tertiary/aromatic N) is 1. The SMILES string of the molecule is N#CC1(F)C=CC(O)=C(c2ccccc2)C1. The lowest BCUT2D eigenvalue weighted by Gasteiger charge is -2.20. The van der Waals surface area contributed by atoms with Crippen LogP contribution in [0.3, 0.4) is 0 Å². The summed E-state index contributed by atoms with van der Waals surface area (Å²) in [5.74, 6) is 0.0229. The first-order valence-electron chi connectivity index (χ1n) is 4.91. The molecular formula is C13H10FNO. The summed E-state index contributed by atoms with van der Waals surface area (Å²) >= 11 is 0. The second kappa shape index (κ2) is 3.82. The van der Waals surface area contributed by atoms with Crippen LogP contribution < -0.4 is 0 Å². The van der Waals surface area contributed by atoms with Gasteiger partial charge in [0.1, 0.15) is 11.8 Å². The van der Waals surface area contributed by atoms with Crippen LogP contribution in [-0.4, -0.2) is 10.8 Å². The molecule has 0 spiro atoms. The summed E-state index contributed by atoms with van der Waals surface area (Å²) in [4.78, 5) is 0. The van der Waals surface area contributed by atoms with Crippen LogP contribution in [0.2, 0.25) is 0 Å². The Labute approximate surface area is 93.0 Å². The molecule has 1 aliphatic carbocycles. The largest absolute Gasteiger partial charge is 0.508 e. The van der Waals surface area contributed by atoms with Gasteiger partial charge in [0.2, 0.25) is 5.67 Å². The summed E-state index contributed by atoms with van der Waals surface area (Å²) < 4.78 is 13.8. The van der Waals surface area contributed by atoms with Gasteiger partial charge in [0.05, 0.1) is 0 Å². The van der Waals surface area contributed by atoms with Crippen LogP contribution in [-0.2, 0) is 0 Å².